The fourth-order valence-electron chi connectivity index (χ4n) is 5.27. The molecular formula is C26H50N2O7SSi2. The molecule has 2 N–H and O–H groups in total. The van der Waals surface area contributed by atoms with Crippen molar-refractivity contribution in [2.45, 2.75) is 127 Å². The minimum absolute atomic E-state index is 0.125. The highest BCUT2D eigenvalue weighted by Gasteiger charge is 2.55. The third-order valence-electron chi connectivity index (χ3n) is 7.02. The highest BCUT2D eigenvalue weighted by atomic mass is 32.2. The quantitative estimate of drug-likeness (QED) is 0.304. The first kappa shape index (κ1) is 33.5. The summed E-state index contributed by atoms with van der Waals surface area (Å²) < 4.78 is 27.6. The number of aliphatic hydroxyl groups is 1. The SMILES string of the molecule is CO[Si](O[C@@H]1C(O[Si](C)(C)C)[C@H](n2cc(C)c(=O)[nH]c2=O)O[C@H]1CO)(C(C)C)C(C)CCC(C)SC(C)C. The molecule has 0 bridgehead atoms. The average Bonchev–Trinajstić information content (AvgIpc) is 3.12. The summed E-state index contributed by atoms with van der Waals surface area (Å²) in [6.45, 7) is 20.7. The number of H-pyrrole nitrogens is 1. The summed E-state index contributed by atoms with van der Waals surface area (Å²) in [5, 5.41) is 11.5. The number of aromatic amines is 1. The molecule has 38 heavy (non-hydrogen) atoms. The molecule has 1 aromatic heterocycles. The van der Waals surface area contributed by atoms with Crippen LogP contribution in [0.5, 0.6) is 0 Å². The maximum absolute atomic E-state index is 12.8. The van der Waals surface area contributed by atoms with Crippen molar-refractivity contribution in [2.75, 3.05) is 13.7 Å². The zero-order valence-corrected chi connectivity index (χ0v) is 27.9. The van der Waals surface area contributed by atoms with Gasteiger partial charge in [-0.1, -0.05) is 41.5 Å². The molecule has 0 aromatic carbocycles. The molecule has 1 fully saturated rings. The first-order chi connectivity index (χ1) is 17.6. The molecule has 1 aliphatic rings. The van der Waals surface area contributed by atoms with E-state index in [2.05, 4.69) is 66.2 Å². The lowest BCUT2D eigenvalue weighted by atomic mass is 10.1. The van der Waals surface area contributed by atoms with E-state index in [1.165, 1.54) is 10.8 Å². The normalized spacial score (nSPS) is 25.6. The van der Waals surface area contributed by atoms with Gasteiger partial charge in [-0.15, -0.1) is 0 Å². The Kier molecular flexibility index (Phi) is 12.1. The smallest absolute Gasteiger partial charge is 0.343 e. The van der Waals surface area contributed by atoms with Crippen LogP contribution < -0.4 is 11.2 Å². The number of nitrogens with one attached hydrogen (secondary N) is 1. The van der Waals surface area contributed by atoms with Gasteiger partial charge in [-0.05, 0) is 50.2 Å². The van der Waals surface area contributed by atoms with E-state index in [4.69, 9.17) is 18.0 Å². The predicted octanol–water partition coefficient (Wildman–Crippen LogP) is 4.54. The summed E-state index contributed by atoms with van der Waals surface area (Å²) in [6, 6.07) is 0. The molecule has 9 nitrogen and oxygen atoms in total. The number of ether oxygens (including phenoxy) is 1. The summed E-state index contributed by atoms with van der Waals surface area (Å²) >= 11 is 1.98. The van der Waals surface area contributed by atoms with E-state index < -0.39 is 52.7 Å². The molecule has 12 heteroatoms. The van der Waals surface area contributed by atoms with Crippen LogP contribution in [0.15, 0.2) is 15.8 Å². The molecule has 2 rings (SSSR count). The monoisotopic (exact) mass is 590 g/mol. The minimum Gasteiger partial charge on any atom is -0.407 e. The van der Waals surface area contributed by atoms with E-state index in [1.54, 1.807) is 14.0 Å². The lowest BCUT2D eigenvalue weighted by molar-refractivity contribution is -0.0536. The Hall–Kier alpha value is -0.736. The van der Waals surface area contributed by atoms with Crippen molar-refractivity contribution in [3.05, 3.63) is 32.6 Å². The zero-order chi connectivity index (χ0) is 29.0. The molecule has 0 saturated carbocycles. The number of aromatic nitrogens is 2. The van der Waals surface area contributed by atoms with Gasteiger partial charge in [0.2, 0.25) is 0 Å². The van der Waals surface area contributed by atoms with Crippen LogP contribution >= 0.6 is 11.8 Å². The second kappa shape index (κ2) is 13.8. The zero-order valence-electron chi connectivity index (χ0n) is 25.1. The van der Waals surface area contributed by atoms with Gasteiger partial charge in [0, 0.05) is 29.7 Å². The van der Waals surface area contributed by atoms with E-state index in [-0.39, 0.29) is 17.7 Å². The van der Waals surface area contributed by atoms with Crippen molar-refractivity contribution < 1.29 is 23.1 Å². The van der Waals surface area contributed by atoms with Gasteiger partial charge in [0.15, 0.2) is 14.5 Å². The van der Waals surface area contributed by atoms with Gasteiger partial charge in [-0.2, -0.15) is 11.8 Å². The predicted molar refractivity (Wildman–Crippen MR) is 159 cm³/mol. The van der Waals surface area contributed by atoms with Crippen molar-refractivity contribution in [3.63, 3.8) is 0 Å². The summed E-state index contributed by atoms with van der Waals surface area (Å²) in [5.41, 5.74) is -0.347. The number of thioether (sulfide) groups is 1. The van der Waals surface area contributed by atoms with Gasteiger partial charge in [-0.25, -0.2) is 4.79 Å². The van der Waals surface area contributed by atoms with Crippen molar-refractivity contribution >= 4 is 28.6 Å². The Balaban J connectivity index is 2.49. The van der Waals surface area contributed by atoms with Crippen LogP contribution in [-0.4, -0.2) is 74.1 Å². The highest BCUT2D eigenvalue weighted by molar-refractivity contribution is 8.00. The number of aliphatic hydroxyl groups excluding tert-OH is 1. The van der Waals surface area contributed by atoms with E-state index in [0.717, 1.165) is 12.8 Å². The number of aryl methyl sites for hydroxylation is 1. The standard InChI is InChI=1S/C26H50N2O7SSi2/c1-16(2)36-19(6)12-13-20(7)38(32-8,17(3)4)35-22-21(15-29)33-25(23(22)34-37(9,10)11)28-14-18(5)24(30)27-26(28)31/h14,16-17,19-23,25,29H,12-13,15H2,1-11H3,(H,27,30,31)/t19?,20?,21-,22-,23?,25+,38?/m0/s1. The van der Waals surface area contributed by atoms with Gasteiger partial charge in [-0.3, -0.25) is 14.3 Å². The number of nitrogens with zero attached hydrogens (tertiary/aromatic N) is 1. The van der Waals surface area contributed by atoms with E-state index in [9.17, 15) is 14.7 Å². The van der Waals surface area contributed by atoms with Crippen molar-refractivity contribution in [3.8, 4) is 0 Å². The maximum Gasteiger partial charge on any atom is 0.343 e. The Bertz CT molecular complexity index is 1010. The molecule has 0 radical (unpaired) electrons. The summed E-state index contributed by atoms with van der Waals surface area (Å²) in [7, 11) is -3.31. The largest absolute Gasteiger partial charge is 0.407 e. The molecule has 1 aliphatic heterocycles. The second-order valence-electron chi connectivity index (χ2n) is 12.1. The molecule has 0 aliphatic carbocycles. The van der Waals surface area contributed by atoms with Crippen LogP contribution in [0.1, 0.15) is 66.2 Å². The van der Waals surface area contributed by atoms with Gasteiger partial charge >= 0.3 is 14.3 Å². The van der Waals surface area contributed by atoms with Crippen LogP contribution in [0.4, 0.5) is 0 Å². The van der Waals surface area contributed by atoms with Crippen LogP contribution in [-0.2, 0) is 18.0 Å². The maximum atomic E-state index is 12.8. The molecule has 1 aromatic rings. The number of hydrogen-bond donors (Lipinski definition) is 2. The second-order valence-corrected chi connectivity index (χ2v) is 22.8. The van der Waals surface area contributed by atoms with Crippen LogP contribution in [0.25, 0.3) is 0 Å². The number of rotatable bonds is 14. The molecule has 4 unspecified atom stereocenters. The summed E-state index contributed by atoms with van der Waals surface area (Å²) in [5.74, 6) is 0. The van der Waals surface area contributed by atoms with E-state index in [1.807, 2.05) is 11.8 Å². The topological polar surface area (TPSA) is 112 Å². The first-order valence-corrected chi connectivity index (χ1v) is 20.0. The molecule has 1 saturated heterocycles. The Morgan fingerprint density at radius 3 is 2.21 bits per heavy atom. The van der Waals surface area contributed by atoms with Gasteiger partial charge in [0.1, 0.15) is 18.3 Å². The van der Waals surface area contributed by atoms with Crippen LogP contribution in [0, 0.1) is 6.92 Å². The molecule has 0 spiro atoms. The molecule has 0 amide bonds. The fraction of sp³-hybridized carbons (Fsp3) is 0.846. The number of hydrogen-bond acceptors (Lipinski definition) is 8. The van der Waals surface area contributed by atoms with E-state index in [0.29, 0.717) is 16.1 Å². The Labute approximate surface area is 234 Å². The van der Waals surface area contributed by atoms with Crippen molar-refractivity contribution in [1.29, 1.82) is 0 Å². The third-order valence-corrected chi connectivity index (χ3v) is 13.8. The molecule has 2 heterocycles. The van der Waals surface area contributed by atoms with Gasteiger partial charge < -0.3 is 23.1 Å². The van der Waals surface area contributed by atoms with E-state index >= 15 is 0 Å². The average molecular weight is 591 g/mol. The summed E-state index contributed by atoms with van der Waals surface area (Å²) in [6.07, 6.45) is 0.609. The minimum atomic E-state index is -2.87. The van der Waals surface area contributed by atoms with Crippen molar-refractivity contribution in [1.82, 2.24) is 9.55 Å². The Morgan fingerprint density at radius 1 is 1.08 bits per heavy atom. The highest BCUT2D eigenvalue weighted by Crippen LogP contribution is 2.43. The third kappa shape index (κ3) is 8.15. The molecule has 220 valence electrons. The molecular weight excluding hydrogens is 541 g/mol. The first-order valence-electron chi connectivity index (χ1n) is 13.7. The fourth-order valence-corrected chi connectivity index (χ4v) is 11.4. The Morgan fingerprint density at radius 2 is 1.71 bits per heavy atom. The summed E-state index contributed by atoms with van der Waals surface area (Å²) in [4.78, 5) is 27.2. The molecule has 7 atom stereocenters. The lowest BCUT2D eigenvalue weighted by Gasteiger charge is -2.42. The van der Waals surface area contributed by atoms with Crippen molar-refractivity contribution in [2.24, 2.45) is 0 Å². The van der Waals surface area contributed by atoms with Gasteiger partial charge in [0.25, 0.3) is 5.56 Å². The van der Waals surface area contributed by atoms with Gasteiger partial charge in [0.05, 0.1) is 6.61 Å². The van der Waals surface area contributed by atoms with Crippen LogP contribution in [0.2, 0.25) is 30.7 Å². The van der Waals surface area contributed by atoms with Crippen LogP contribution in [0.3, 0.4) is 0 Å². The lowest BCUT2D eigenvalue weighted by Crippen LogP contribution is -2.56.